The predicted octanol–water partition coefficient (Wildman–Crippen LogP) is 2.22. The number of amides is 2. The standard InChI is InChI=1S/C14H26N2O3/c1-9-5-11(6-9)16-13(19)15-8-10(12(17)18)7-14(2,3)4/h9-11H,5-8H2,1-4H3,(H,17,18)(H2,15,16,19). The molecular formula is C14H26N2O3. The van der Waals surface area contributed by atoms with Gasteiger partial charge in [0.2, 0.25) is 0 Å². The number of carbonyl (C=O) groups excluding carboxylic acids is 1. The Kier molecular flexibility index (Phi) is 5.20. The Labute approximate surface area is 115 Å². The summed E-state index contributed by atoms with van der Waals surface area (Å²) in [5.41, 5.74) is -0.0649. The Bertz CT molecular complexity index is 330. The van der Waals surface area contributed by atoms with Gasteiger partial charge in [-0.2, -0.15) is 0 Å². The van der Waals surface area contributed by atoms with Crippen LogP contribution in [0.4, 0.5) is 4.79 Å². The summed E-state index contributed by atoms with van der Waals surface area (Å²) < 4.78 is 0. The average molecular weight is 270 g/mol. The second-order valence-electron chi connectivity index (χ2n) is 6.93. The molecule has 1 fully saturated rings. The van der Waals surface area contributed by atoms with Crippen molar-refractivity contribution in [1.29, 1.82) is 0 Å². The zero-order chi connectivity index (χ0) is 14.6. The molecule has 1 aliphatic rings. The number of carboxylic acids is 1. The molecule has 1 atom stereocenters. The van der Waals surface area contributed by atoms with Crippen LogP contribution >= 0.6 is 0 Å². The number of rotatable bonds is 5. The summed E-state index contributed by atoms with van der Waals surface area (Å²) in [6.45, 7) is 8.33. The molecule has 110 valence electrons. The number of nitrogens with one attached hydrogen (secondary N) is 2. The molecule has 1 aliphatic carbocycles. The van der Waals surface area contributed by atoms with E-state index in [2.05, 4.69) is 17.6 Å². The van der Waals surface area contributed by atoms with Crippen molar-refractivity contribution in [1.82, 2.24) is 10.6 Å². The maximum atomic E-state index is 11.6. The van der Waals surface area contributed by atoms with Crippen LogP contribution in [0.1, 0.15) is 47.0 Å². The third-order valence-corrected chi connectivity index (χ3v) is 3.43. The topological polar surface area (TPSA) is 78.4 Å². The monoisotopic (exact) mass is 270 g/mol. The molecule has 5 nitrogen and oxygen atoms in total. The fourth-order valence-electron chi connectivity index (χ4n) is 2.46. The van der Waals surface area contributed by atoms with E-state index < -0.39 is 11.9 Å². The number of carboxylic acid groups (broad SMARTS) is 1. The predicted molar refractivity (Wildman–Crippen MR) is 73.9 cm³/mol. The second-order valence-corrected chi connectivity index (χ2v) is 6.93. The van der Waals surface area contributed by atoms with E-state index in [1.807, 2.05) is 20.8 Å². The van der Waals surface area contributed by atoms with Gasteiger partial charge in [0, 0.05) is 12.6 Å². The molecule has 0 bridgehead atoms. The van der Waals surface area contributed by atoms with Crippen LogP contribution in [-0.2, 0) is 4.79 Å². The van der Waals surface area contributed by atoms with E-state index in [1.165, 1.54) is 0 Å². The van der Waals surface area contributed by atoms with Gasteiger partial charge in [0.15, 0.2) is 0 Å². The third-order valence-electron chi connectivity index (χ3n) is 3.43. The van der Waals surface area contributed by atoms with Crippen molar-refractivity contribution in [3.8, 4) is 0 Å². The summed E-state index contributed by atoms with van der Waals surface area (Å²) in [6, 6.07) is -0.00190. The van der Waals surface area contributed by atoms with Crippen molar-refractivity contribution in [3.63, 3.8) is 0 Å². The summed E-state index contributed by atoms with van der Waals surface area (Å²) in [5.74, 6) is -0.712. The highest BCUT2D eigenvalue weighted by molar-refractivity contribution is 5.76. The van der Waals surface area contributed by atoms with Crippen LogP contribution in [-0.4, -0.2) is 29.7 Å². The van der Waals surface area contributed by atoms with E-state index in [0.717, 1.165) is 12.8 Å². The first-order chi connectivity index (χ1) is 8.67. The van der Waals surface area contributed by atoms with Crippen molar-refractivity contribution in [2.75, 3.05) is 6.54 Å². The minimum Gasteiger partial charge on any atom is -0.481 e. The summed E-state index contributed by atoms with van der Waals surface area (Å²) in [6.07, 6.45) is 2.57. The molecule has 0 aromatic carbocycles. The van der Waals surface area contributed by atoms with Crippen LogP contribution in [0.5, 0.6) is 0 Å². The van der Waals surface area contributed by atoms with E-state index in [0.29, 0.717) is 12.3 Å². The first kappa shape index (κ1) is 15.8. The van der Waals surface area contributed by atoms with Gasteiger partial charge in [0.1, 0.15) is 0 Å². The van der Waals surface area contributed by atoms with Gasteiger partial charge in [-0.1, -0.05) is 27.7 Å². The van der Waals surface area contributed by atoms with E-state index in [-0.39, 0.29) is 24.0 Å². The number of carbonyl (C=O) groups is 2. The highest BCUT2D eigenvalue weighted by atomic mass is 16.4. The Morgan fingerprint density at radius 2 is 1.89 bits per heavy atom. The van der Waals surface area contributed by atoms with E-state index >= 15 is 0 Å². The minimum absolute atomic E-state index is 0.0649. The van der Waals surface area contributed by atoms with Gasteiger partial charge in [-0.3, -0.25) is 4.79 Å². The molecule has 1 unspecified atom stereocenters. The maximum absolute atomic E-state index is 11.6. The zero-order valence-electron chi connectivity index (χ0n) is 12.3. The molecule has 1 saturated carbocycles. The SMILES string of the molecule is CC1CC(NC(=O)NCC(CC(C)(C)C)C(=O)O)C1. The largest absolute Gasteiger partial charge is 0.481 e. The van der Waals surface area contributed by atoms with Gasteiger partial charge in [-0.05, 0) is 30.6 Å². The smallest absolute Gasteiger partial charge is 0.315 e. The lowest BCUT2D eigenvalue weighted by Gasteiger charge is -2.33. The lowest BCUT2D eigenvalue weighted by atomic mass is 9.82. The fraction of sp³-hybridized carbons (Fsp3) is 0.857. The van der Waals surface area contributed by atoms with Crippen molar-refractivity contribution in [2.45, 2.75) is 53.0 Å². The van der Waals surface area contributed by atoms with Crippen LogP contribution < -0.4 is 10.6 Å². The highest BCUT2D eigenvalue weighted by Gasteiger charge is 2.28. The Hall–Kier alpha value is -1.26. The third kappa shape index (κ3) is 5.94. The lowest BCUT2D eigenvalue weighted by molar-refractivity contribution is -0.142. The van der Waals surface area contributed by atoms with E-state index in [9.17, 15) is 9.59 Å². The molecule has 0 aromatic rings. The molecule has 0 aromatic heterocycles. The van der Waals surface area contributed by atoms with Gasteiger partial charge in [-0.15, -0.1) is 0 Å². The molecule has 1 rings (SSSR count). The van der Waals surface area contributed by atoms with Gasteiger partial charge in [0.25, 0.3) is 0 Å². The average Bonchev–Trinajstić information content (AvgIpc) is 2.20. The van der Waals surface area contributed by atoms with E-state index in [4.69, 9.17) is 5.11 Å². The summed E-state index contributed by atoms with van der Waals surface area (Å²) >= 11 is 0. The van der Waals surface area contributed by atoms with Crippen LogP contribution in [0.2, 0.25) is 0 Å². The van der Waals surface area contributed by atoms with Crippen molar-refractivity contribution >= 4 is 12.0 Å². The lowest BCUT2D eigenvalue weighted by Crippen LogP contribution is -2.49. The van der Waals surface area contributed by atoms with Crippen LogP contribution in [0, 0.1) is 17.3 Å². The Morgan fingerprint density at radius 1 is 1.32 bits per heavy atom. The molecule has 5 heteroatoms. The van der Waals surface area contributed by atoms with Gasteiger partial charge in [0.05, 0.1) is 5.92 Å². The maximum Gasteiger partial charge on any atom is 0.315 e. The van der Waals surface area contributed by atoms with Crippen LogP contribution in [0.3, 0.4) is 0 Å². The summed E-state index contributed by atoms with van der Waals surface area (Å²) in [7, 11) is 0. The molecule has 3 N–H and O–H groups in total. The molecule has 0 spiro atoms. The first-order valence-electron chi connectivity index (χ1n) is 6.94. The molecule has 0 saturated heterocycles. The number of urea groups is 1. The molecule has 19 heavy (non-hydrogen) atoms. The quantitative estimate of drug-likeness (QED) is 0.716. The fourth-order valence-corrected chi connectivity index (χ4v) is 2.46. The van der Waals surface area contributed by atoms with Crippen molar-refractivity contribution < 1.29 is 14.7 Å². The summed E-state index contributed by atoms with van der Waals surface area (Å²) in [5, 5.41) is 14.7. The van der Waals surface area contributed by atoms with Crippen molar-refractivity contribution in [3.05, 3.63) is 0 Å². The van der Waals surface area contributed by atoms with Gasteiger partial charge < -0.3 is 15.7 Å². The normalized spacial score (nSPS) is 24.2. The Balaban J connectivity index is 2.31. The van der Waals surface area contributed by atoms with Gasteiger partial charge in [-0.25, -0.2) is 4.79 Å². The number of aliphatic carboxylic acids is 1. The second kappa shape index (κ2) is 6.26. The Morgan fingerprint density at radius 3 is 2.32 bits per heavy atom. The zero-order valence-corrected chi connectivity index (χ0v) is 12.3. The molecule has 2 amide bonds. The number of hydrogen-bond donors (Lipinski definition) is 3. The van der Waals surface area contributed by atoms with Crippen LogP contribution in [0.15, 0.2) is 0 Å². The molecule has 0 heterocycles. The minimum atomic E-state index is -0.854. The highest BCUT2D eigenvalue weighted by Crippen LogP contribution is 2.26. The van der Waals surface area contributed by atoms with Crippen molar-refractivity contribution in [2.24, 2.45) is 17.3 Å². The first-order valence-corrected chi connectivity index (χ1v) is 6.94. The van der Waals surface area contributed by atoms with Crippen LogP contribution in [0.25, 0.3) is 0 Å². The van der Waals surface area contributed by atoms with E-state index in [1.54, 1.807) is 0 Å². The number of hydrogen-bond acceptors (Lipinski definition) is 2. The van der Waals surface area contributed by atoms with Gasteiger partial charge >= 0.3 is 12.0 Å². The summed E-state index contributed by atoms with van der Waals surface area (Å²) in [4.78, 5) is 22.8. The molecular weight excluding hydrogens is 244 g/mol. The molecule has 0 radical (unpaired) electrons. The molecule has 0 aliphatic heterocycles.